The lowest BCUT2D eigenvalue weighted by Crippen LogP contribution is -2.23. The van der Waals surface area contributed by atoms with E-state index in [2.05, 4.69) is 53.1 Å². The van der Waals surface area contributed by atoms with Crippen LogP contribution in [0.4, 0.5) is 5.82 Å². The average Bonchev–Trinajstić information content (AvgIpc) is 2.31. The molecule has 0 saturated carbocycles. The van der Waals surface area contributed by atoms with Gasteiger partial charge in [-0.15, -0.1) is 0 Å². The van der Waals surface area contributed by atoms with Crippen molar-refractivity contribution in [3.8, 4) is 0 Å². The Labute approximate surface area is 120 Å². The molecule has 1 rings (SSSR count). The fourth-order valence-electron chi connectivity index (χ4n) is 1.91. The van der Waals surface area contributed by atoms with E-state index in [0.717, 1.165) is 22.5 Å². The quantitative estimate of drug-likeness (QED) is 0.702. The third-order valence-electron chi connectivity index (χ3n) is 3.23. The van der Waals surface area contributed by atoms with Crippen LogP contribution in [0.25, 0.3) is 0 Å². The van der Waals surface area contributed by atoms with E-state index >= 15 is 0 Å². The maximum Gasteiger partial charge on any atom is 0.126 e. The van der Waals surface area contributed by atoms with Crippen molar-refractivity contribution in [2.24, 2.45) is 5.41 Å². The number of nitrogens with zero attached hydrogens (tertiary/aromatic N) is 1. The van der Waals surface area contributed by atoms with Crippen molar-refractivity contribution in [3.63, 3.8) is 0 Å². The summed E-state index contributed by atoms with van der Waals surface area (Å²) in [6, 6.07) is 4.08. The van der Waals surface area contributed by atoms with E-state index in [1.165, 1.54) is 25.7 Å². The molecule has 0 amide bonds. The van der Waals surface area contributed by atoms with Crippen molar-refractivity contribution in [2.75, 3.05) is 11.9 Å². The van der Waals surface area contributed by atoms with Gasteiger partial charge in [0.1, 0.15) is 5.82 Å². The summed E-state index contributed by atoms with van der Waals surface area (Å²) in [7, 11) is 0. The SMILES string of the molecule is CCCCCC(C)(C)CNc1ccc(Br)c(C)n1. The maximum atomic E-state index is 4.51. The third kappa shape index (κ3) is 5.38. The van der Waals surface area contributed by atoms with Crippen molar-refractivity contribution < 1.29 is 0 Å². The second-order valence-electron chi connectivity index (χ2n) is 5.74. The largest absolute Gasteiger partial charge is 0.370 e. The molecule has 0 spiro atoms. The molecule has 1 aromatic rings. The molecular formula is C15H25BrN2. The number of aromatic nitrogens is 1. The van der Waals surface area contributed by atoms with Crippen molar-refractivity contribution in [3.05, 3.63) is 22.3 Å². The minimum absolute atomic E-state index is 0.331. The predicted octanol–water partition coefficient (Wildman–Crippen LogP) is 5.17. The van der Waals surface area contributed by atoms with E-state index in [-0.39, 0.29) is 0 Å². The highest BCUT2D eigenvalue weighted by Gasteiger charge is 2.17. The number of nitrogens with one attached hydrogen (secondary N) is 1. The van der Waals surface area contributed by atoms with Crippen LogP contribution in [0.1, 0.15) is 52.1 Å². The molecule has 1 heterocycles. The number of anilines is 1. The van der Waals surface area contributed by atoms with Crippen molar-refractivity contribution in [1.82, 2.24) is 4.98 Å². The van der Waals surface area contributed by atoms with E-state index in [4.69, 9.17) is 0 Å². The van der Waals surface area contributed by atoms with Crippen LogP contribution in [0, 0.1) is 12.3 Å². The molecule has 18 heavy (non-hydrogen) atoms. The number of hydrogen-bond acceptors (Lipinski definition) is 2. The smallest absolute Gasteiger partial charge is 0.126 e. The van der Waals surface area contributed by atoms with E-state index in [0.29, 0.717) is 5.41 Å². The van der Waals surface area contributed by atoms with E-state index in [9.17, 15) is 0 Å². The Morgan fingerprint density at radius 3 is 2.61 bits per heavy atom. The molecule has 0 aliphatic heterocycles. The summed E-state index contributed by atoms with van der Waals surface area (Å²) < 4.78 is 1.07. The van der Waals surface area contributed by atoms with Gasteiger partial charge in [0, 0.05) is 11.0 Å². The molecule has 102 valence electrons. The van der Waals surface area contributed by atoms with Gasteiger partial charge in [-0.3, -0.25) is 0 Å². The molecule has 0 saturated heterocycles. The van der Waals surface area contributed by atoms with Gasteiger partial charge in [0.2, 0.25) is 0 Å². The standard InChI is InChI=1S/C15H25BrN2/c1-5-6-7-10-15(3,4)11-17-14-9-8-13(16)12(2)18-14/h8-9H,5-7,10-11H2,1-4H3,(H,17,18). The van der Waals surface area contributed by atoms with Crippen LogP contribution < -0.4 is 5.32 Å². The third-order valence-corrected chi connectivity index (χ3v) is 4.06. The monoisotopic (exact) mass is 312 g/mol. The van der Waals surface area contributed by atoms with Crippen molar-refractivity contribution in [2.45, 2.75) is 53.4 Å². The van der Waals surface area contributed by atoms with Crippen LogP contribution in [0.5, 0.6) is 0 Å². The maximum absolute atomic E-state index is 4.51. The fraction of sp³-hybridized carbons (Fsp3) is 0.667. The first-order valence-corrected chi connectivity index (χ1v) is 7.61. The number of halogens is 1. The van der Waals surface area contributed by atoms with Crippen molar-refractivity contribution >= 4 is 21.7 Å². The summed E-state index contributed by atoms with van der Waals surface area (Å²) in [5, 5.41) is 3.45. The highest BCUT2D eigenvalue weighted by molar-refractivity contribution is 9.10. The number of aryl methyl sites for hydroxylation is 1. The molecule has 3 heteroatoms. The summed E-state index contributed by atoms with van der Waals surface area (Å²) in [6.45, 7) is 9.88. The van der Waals surface area contributed by atoms with E-state index in [1.807, 2.05) is 13.0 Å². The molecule has 0 aliphatic rings. The Kier molecular flexibility index (Phi) is 6.13. The van der Waals surface area contributed by atoms with E-state index in [1.54, 1.807) is 0 Å². The summed E-state index contributed by atoms with van der Waals surface area (Å²) in [5.41, 5.74) is 1.36. The Balaban J connectivity index is 2.45. The number of pyridine rings is 1. The van der Waals surface area contributed by atoms with Gasteiger partial charge in [-0.05, 0) is 46.8 Å². The van der Waals surface area contributed by atoms with Gasteiger partial charge in [0.25, 0.3) is 0 Å². The molecule has 0 bridgehead atoms. The Hall–Kier alpha value is -0.570. The van der Waals surface area contributed by atoms with E-state index < -0.39 is 0 Å². The zero-order chi connectivity index (χ0) is 13.6. The van der Waals surface area contributed by atoms with Gasteiger partial charge < -0.3 is 5.32 Å². The Morgan fingerprint density at radius 2 is 2.00 bits per heavy atom. The average molecular weight is 313 g/mol. The Bertz CT molecular complexity index is 375. The molecule has 0 fully saturated rings. The topological polar surface area (TPSA) is 24.9 Å². The molecule has 1 aromatic heterocycles. The van der Waals surface area contributed by atoms with Gasteiger partial charge in [-0.2, -0.15) is 0 Å². The van der Waals surface area contributed by atoms with Crippen LogP contribution in [0.2, 0.25) is 0 Å². The minimum atomic E-state index is 0.331. The first-order chi connectivity index (χ1) is 8.44. The molecule has 0 radical (unpaired) electrons. The molecule has 0 aliphatic carbocycles. The number of unbranched alkanes of at least 4 members (excludes halogenated alkanes) is 2. The first-order valence-electron chi connectivity index (χ1n) is 6.81. The van der Waals surface area contributed by atoms with Crippen LogP contribution in [0.3, 0.4) is 0 Å². The van der Waals surface area contributed by atoms with Gasteiger partial charge in [0.15, 0.2) is 0 Å². The van der Waals surface area contributed by atoms with Gasteiger partial charge in [-0.25, -0.2) is 4.98 Å². The Morgan fingerprint density at radius 1 is 1.28 bits per heavy atom. The molecule has 0 atom stereocenters. The summed E-state index contributed by atoms with van der Waals surface area (Å²) in [4.78, 5) is 4.51. The highest BCUT2D eigenvalue weighted by Crippen LogP contribution is 2.24. The lowest BCUT2D eigenvalue weighted by molar-refractivity contribution is 0.342. The minimum Gasteiger partial charge on any atom is -0.370 e. The molecular weight excluding hydrogens is 288 g/mol. The lowest BCUT2D eigenvalue weighted by atomic mass is 9.87. The highest BCUT2D eigenvalue weighted by atomic mass is 79.9. The summed E-state index contributed by atoms with van der Waals surface area (Å²) in [5.74, 6) is 0.972. The van der Waals surface area contributed by atoms with Crippen LogP contribution >= 0.6 is 15.9 Å². The summed E-state index contributed by atoms with van der Waals surface area (Å²) in [6.07, 6.45) is 5.21. The van der Waals surface area contributed by atoms with Crippen molar-refractivity contribution in [1.29, 1.82) is 0 Å². The molecule has 0 unspecified atom stereocenters. The first kappa shape index (κ1) is 15.5. The zero-order valence-corrected chi connectivity index (χ0v) is 13.6. The molecule has 1 N–H and O–H groups in total. The van der Waals surface area contributed by atoms with Crippen LogP contribution in [-0.2, 0) is 0 Å². The molecule has 0 aromatic carbocycles. The predicted molar refractivity (Wildman–Crippen MR) is 83.1 cm³/mol. The van der Waals surface area contributed by atoms with Gasteiger partial charge in [0.05, 0.1) is 5.69 Å². The fourth-order valence-corrected chi connectivity index (χ4v) is 2.14. The van der Waals surface area contributed by atoms with Crippen LogP contribution in [-0.4, -0.2) is 11.5 Å². The second kappa shape index (κ2) is 7.13. The normalized spacial score (nSPS) is 11.6. The number of hydrogen-bond donors (Lipinski definition) is 1. The second-order valence-corrected chi connectivity index (χ2v) is 6.59. The molecule has 2 nitrogen and oxygen atoms in total. The van der Waals surface area contributed by atoms with Gasteiger partial charge in [-0.1, -0.05) is 40.0 Å². The summed E-state index contributed by atoms with van der Waals surface area (Å²) >= 11 is 3.47. The number of rotatable bonds is 7. The van der Waals surface area contributed by atoms with Crippen LogP contribution in [0.15, 0.2) is 16.6 Å². The van der Waals surface area contributed by atoms with Gasteiger partial charge >= 0.3 is 0 Å². The lowest BCUT2D eigenvalue weighted by Gasteiger charge is -2.25. The zero-order valence-electron chi connectivity index (χ0n) is 12.0.